The van der Waals surface area contributed by atoms with Gasteiger partial charge >= 0.3 is 0 Å². The summed E-state index contributed by atoms with van der Waals surface area (Å²) < 4.78 is 0. The first-order valence-electron chi connectivity index (χ1n) is 5.25. The van der Waals surface area contributed by atoms with E-state index in [9.17, 15) is 4.79 Å². The predicted octanol–water partition coefficient (Wildman–Crippen LogP) is 0.385. The lowest BCUT2D eigenvalue weighted by molar-refractivity contribution is -0.121. The first kappa shape index (κ1) is 12.2. The van der Waals surface area contributed by atoms with Crippen molar-refractivity contribution >= 4 is 17.5 Å². The summed E-state index contributed by atoms with van der Waals surface area (Å²) >= 11 is 0. The van der Waals surface area contributed by atoms with Gasteiger partial charge in [-0.1, -0.05) is 6.92 Å². The van der Waals surface area contributed by atoms with E-state index < -0.39 is 0 Å². The minimum atomic E-state index is -0.346. The van der Waals surface area contributed by atoms with Crippen LogP contribution in [-0.4, -0.2) is 28.5 Å². The van der Waals surface area contributed by atoms with E-state index in [1.165, 1.54) is 6.33 Å². The van der Waals surface area contributed by atoms with Gasteiger partial charge in [0.2, 0.25) is 5.91 Å². The fraction of sp³-hybridized carbons (Fsp3) is 0.500. The number of nitrogens with zero attached hydrogens (tertiary/aromatic N) is 2. The molecule has 0 aromatic carbocycles. The molecule has 0 saturated heterocycles. The average Bonchev–Trinajstić information content (AvgIpc) is 2.25. The highest BCUT2D eigenvalue weighted by Gasteiger charge is 2.11. The Labute approximate surface area is 94.7 Å². The Kier molecular flexibility index (Phi) is 4.50. The summed E-state index contributed by atoms with van der Waals surface area (Å²) in [5, 5.41) is 5.74. The van der Waals surface area contributed by atoms with E-state index in [0.29, 0.717) is 18.2 Å². The third kappa shape index (κ3) is 3.72. The van der Waals surface area contributed by atoms with Gasteiger partial charge in [-0.2, -0.15) is 0 Å². The second kappa shape index (κ2) is 5.89. The molecule has 1 amide bonds. The number of carbonyl (C=O) groups is 1. The van der Waals surface area contributed by atoms with Crippen molar-refractivity contribution in [3.63, 3.8) is 0 Å². The van der Waals surface area contributed by atoms with Crippen LogP contribution in [0.2, 0.25) is 0 Å². The topological polar surface area (TPSA) is 92.9 Å². The Hall–Kier alpha value is -1.85. The van der Waals surface area contributed by atoms with E-state index in [1.807, 2.05) is 6.92 Å². The van der Waals surface area contributed by atoms with Gasteiger partial charge in [0.05, 0.1) is 0 Å². The molecule has 88 valence electrons. The van der Waals surface area contributed by atoms with Crippen LogP contribution in [0.5, 0.6) is 0 Å². The SMILES string of the molecule is CCCNC(=O)C(C)Nc1cc(N)ncn1. The summed E-state index contributed by atoms with van der Waals surface area (Å²) in [4.78, 5) is 19.3. The molecule has 4 N–H and O–H groups in total. The highest BCUT2D eigenvalue weighted by Crippen LogP contribution is 2.06. The molecule has 0 bridgehead atoms. The van der Waals surface area contributed by atoms with Crippen LogP contribution in [0.1, 0.15) is 20.3 Å². The van der Waals surface area contributed by atoms with Gasteiger partial charge in [-0.25, -0.2) is 9.97 Å². The third-order valence-electron chi connectivity index (χ3n) is 2.00. The highest BCUT2D eigenvalue weighted by molar-refractivity contribution is 5.83. The van der Waals surface area contributed by atoms with Gasteiger partial charge in [0.15, 0.2) is 0 Å². The summed E-state index contributed by atoms with van der Waals surface area (Å²) in [5.74, 6) is 0.865. The van der Waals surface area contributed by atoms with E-state index in [4.69, 9.17) is 5.73 Å². The van der Waals surface area contributed by atoms with Crippen molar-refractivity contribution in [1.82, 2.24) is 15.3 Å². The average molecular weight is 223 g/mol. The fourth-order valence-corrected chi connectivity index (χ4v) is 1.14. The first-order chi connectivity index (χ1) is 7.63. The molecule has 1 aromatic rings. The van der Waals surface area contributed by atoms with Crippen molar-refractivity contribution in [2.24, 2.45) is 0 Å². The molecule has 0 aliphatic rings. The number of rotatable bonds is 5. The Balaban J connectivity index is 2.50. The monoisotopic (exact) mass is 223 g/mol. The predicted molar refractivity (Wildman–Crippen MR) is 62.8 cm³/mol. The summed E-state index contributed by atoms with van der Waals surface area (Å²) in [7, 11) is 0. The van der Waals surface area contributed by atoms with Crippen LogP contribution in [0.25, 0.3) is 0 Å². The zero-order valence-corrected chi connectivity index (χ0v) is 9.53. The molecule has 0 radical (unpaired) electrons. The van der Waals surface area contributed by atoms with Crippen LogP contribution < -0.4 is 16.4 Å². The minimum Gasteiger partial charge on any atom is -0.384 e. The van der Waals surface area contributed by atoms with Gasteiger partial charge < -0.3 is 16.4 Å². The standard InChI is InChI=1S/C10H17N5O/c1-3-4-12-10(16)7(2)15-9-5-8(11)13-6-14-9/h5-7H,3-4H2,1-2H3,(H,12,16)(H3,11,13,14,15). The largest absolute Gasteiger partial charge is 0.384 e. The van der Waals surface area contributed by atoms with Gasteiger partial charge in [-0.05, 0) is 13.3 Å². The van der Waals surface area contributed by atoms with Crippen LogP contribution in [0.3, 0.4) is 0 Å². The second-order valence-electron chi connectivity index (χ2n) is 3.49. The number of anilines is 2. The number of nitrogen functional groups attached to an aromatic ring is 1. The molecule has 0 aliphatic heterocycles. The molecule has 0 aliphatic carbocycles. The van der Waals surface area contributed by atoms with E-state index in [1.54, 1.807) is 13.0 Å². The van der Waals surface area contributed by atoms with Crippen molar-refractivity contribution in [3.05, 3.63) is 12.4 Å². The summed E-state index contributed by atoms with van der Waals surface area (Å²) in [6.45, 7) is 4.45. The molecule has 0 saturated carbocycles. The van der Waals surface area contributed by atoms with Crippen molar-refractivity contribution in [3.8, 4) is 0 Å². The zero-order valence-electron chi connectivity index (χ0n) is 9.53. The number of aromatic nitrogens is 2. The lowest BCUT2D eigenvalue weighted by Crippen LogP contribution is -2.38. The number of carbonyl (C=O) groups excluding carboxylic acids is 1. The second-order valence-corrected chi connectivity index (χ2v) is 3.49. The van der Waals surface area contributed by atoms with E-state index in [2.05, 4.69) is 20.6 Å². The van der Waals surface area contributed by atoms with Gasteiger partial charge in [-0.15, -0.1) is 0 Å². The van der Waals surface area contributed by atoms with Crippen molar-refractivity contribution in [1.29, 1.82) is 0 Å². The molecule has 0 fully saturated rings. The number of nitrogens with one attached hydrogen (secondary N) is 2. The number of hydrogen-bond acceptors (Lipinski definition) is 5. The first-order valence-corrected chi connectivity index (χ1v) is 5.25. The van der Waals surface area contributed by atoms with Crippen LogP contribution in [0, 0.1) is 0 Å². The van der Waals surface area contributed by atoms with E-state index >= 15 is 0 Å². The lowest BCUT2D eigenvalue weighted by atomic mass is 10.3. The maximum atomic E-state index is 11.5. The van der Waals surface area contributed by atoms with Gasteiger partial charge in [0.1, 0.15) is 24.0 Å². The number of hydrogen-bond donors (Lipinski definition) is 3. The zero-order chi connectivity index (χ0) is 12.0. The molecular formula is C10H17N5O. The van der Waals surface area contributed by atoms with Gasteiger partial charge in [0, 0.05) is 12.6 Å². The van der Waals surface area contributed by atoms with Crippen LogP contribution in [0.4, 0.5) is 11.6 Å². The Morgan fingerprint density at radius 1 is 1.56 bits per heavy atom. The number of nitrogens with two attached hydrogens (primary N) is 1. The molecule has 1 unspecified atom stereocenters. The smallest absolute Gasteiger partial charge is 0.242 e. The van der Waals surface area contributed by atoms with Crippen molar-refractivity contribution in [2.75, 3.05) is 17.6 Å². The third-order valence-corrected chi connectivity index (χ3v) is 2.00. The quantitative estimate of drug-likeness (QED) is 0.671. The normalized spacial score (nSPS) is 11.9. The Morgan fingerprint density at radius 2 is 2.31 bits per heavy atom. The highest BCUT2D eigenvalue weighted by atomic mass is 16.2. The van der Waals surface area contributed by atoms with Crippen LogP contribution in [-0.2, 0) is 4.79 Å². The molecule has 6 heteroatoms. The molecule has 16 heavy (non-hydrogen) atoms. The van der Waals surface area contributed by atoms with E-state index in [-0.39, 0.29) is 11.9 Å². The Bertz CT molecular complexity index is 355. The number of amides is 1. The summed E-state index contributed by atoms with van der Waals surface area (Å²) in [5.41, 5.74) is 5.50. The van der Waals surface area contributed by atoms with Crippen LogP contribution in [0.15, 0.2) is 12.4 Å². The van der Waals surface area contributed by atoms with Gasteiger partial charge in [0.25, 0.3) is 0 Å². The van der Waals surface area contributed by atoms with Crippen molar-refractivity contribution in [2.45, 2.75) is 26.3 Å². The summed E-state index contributed by atoms with van der Waals surface area (Å²) in [6.07, 6.45) is 2.27. The molecule has 1 heterocycles. The molecule has 1 atom stereocenters. The van der Waals surface area contributed by atoms with E-state index in [0.717, 1.165) is 6.42 Å². The van der Waals surface area contributed by atoms with Crippen LogP contribution >= 0.6 is 0 Å². The molecule has 1 aromatic heterocycles. The molecule has 1 rings (SSSR count). The lowest BCUT2D eigenvalue weighted by Gasteiger charge is -2.14. The maximum absolute atomic E-state index is 11.5. The molecule has 0 spiro atoms. The Morgan fingerprint density at radius 3 is 2.94 bits per heavy atom. The van der Waals surface area contributed by atoms with Crippen molar-refractivity contribution < 1.29 is 4.79 Å². The molecular weight excluding hydrogens is 206 g/mol. The minimum absolute atomic E-state index is 0.0565. The maximum Gasteiger partial charge on any atom is 0.242 e. The summed E-state index contributed by atoms with van der Waals surface area (Å²) in [6, 6.07) is 1.24. The molecule has 6 nitrogen and oxygen atoms in total. The fourth-order valence-electron chi connectivity index (χ4n) is 1.14. The van der Waals surface area contributed by atoms with Gasteiger partial charge in [-0.3, -0.25) is 4.79 Å².